The number of ketones is 2. The van der Waals surface area contributed by atoms with Crippen molar-refractivity contribution in [1.82, 2.24) is 0 Å². The number of hydrogen-bond donors (Lipinski definition) is 0. The third-order valence-corrected chi connectivity index (χ3v) is 2.99. The smallest absolute Gasteiger partial charge is 0.147 e. The maximum Gasteiger partial charge on any atom is 0.147 e. The predicted octanol–water partition coefficient (Wildman–Crippen LogP) is 2.10. The highest BCUT2D eigenvalue weighted by Gasteiger charge is 2.27. The molecule has 84 valence electrons. The lowest BCUT2D eigenvalue weighted by Crippen LogP contribution is -2.23. The van der Waals surface area contributed by atoms with Crippen molar-refractivity contribution >= 4 is 11.6 Å². The Kier molecular flexibility index (Phi) is 3.04. The first-order chi connectivity index (χ1) is 7.70. The van der Waals surface area contributed by atoms with Gasteiger partial charge < -0.3 is 4.74 Å². The van der Waals surface area contributed by atoms with Crippen LogP contribution in [-0.4, -0.2) is 18.7 Å². The third-order valence-electron chi connectivity index (χ3n) is 2.99. The molecule has 1 atom stereocenters. The van der Waals surface area contributed by atoms with Crippen molar-refractivity contribution in [3.63, 3.8) is 0 Å². The fraction of sp³-hybridized carbons (Fsp3) is 0.385. The number of methoxy groups -OCH3 is 1. The summed E-state index contributed by atoms with van der Waals surface area (Å²) in [5.74, 6) is 0.780. The molecule has 0 amide bonds. The fourth-order valence-corrected chi connectivity index (χ4v) is 2.06. The lowest BCUT2D eigenvalue weighted by molar-refractivity contribution is -0.130. The zero-order chi connectivity index (χ0) is 11.5. The molecule has 0 bridgehead atoms. The van der Waals surface area contributed by atoms with Gasteiger partial charge in [-0.1, -0.05) is 12.1 Å². The normalized spacial score (nSPS) is 20.9. The summed E-state index contributed by atoms with van der Waals surface area (Å²) >= 11 is 0. The molecular weight excluding hydrogens is 204 g/mol. The van der Waals surface area contributed by atoms with Crippen molar-refractivity contribution in [3.8, 4) is 5.75 Å². The molecule has 0 aliphatic heterocycles. The summed E-state index contributed by atoms with van der Waals surface area (Å²) in [5, 5.41) is 0. The van der Waals surface area contributed by atoms with Crippen molar-refractivity contribution in [2.45, 2.75) is 25.2 Å². The second kappa shape index (κ2) is 4.47. The van der Waals surface area contributed by atoms with E-state index in [9.17, 15) is 9.59 Å². The van der Waals surface area contributed by atoms with Crippen molar-refractivity contribution in [2.24, 2.45) is 0 Å². The first-order valence-electron chi connectivity index (χ1n) is 5.39. The molecule has 2 rings (SSSR count). The molecule has 0 saturated heterocycles. The van der Waals surface area contributed by atoms with Gasteiger partial charge in [-0.25, -0.2) is 0 Å². The molecule has 0 unspecified atom stereocenters. The highest BCUT2D eigenvalue weighted by atomic mass is 16.5. The standard InChI is InChI=1S/C13H14O3/c1-16-11-5-2-9(3-6-11)12-7-4-10(14)8-13(12)15/h2-3,5-6,12H,4,7-8H2,1H3/t12-/m0/s1. The van der Waals surface area contributed by atoms with Crippen LogP contribution < -0.4 is 4.74 Å². The van der Waals surface area contributed by atoms with Crippen molar-refractivity contribution < 1.29 is 14.3 Å². The van der Waals surface area contributed by atoms with Gasteiger partial charge in [0.25, 0.3) is 0 Å². The molecule has 0 N–H and O–H groups in total. The van der Waals surface area contributed by atoms with Gasteiger partial charge in [0.05, 0.1) is 13.5 Å². The SMILES string of the molecule is COc1ccc([C@@H]2CCC(=O)CC2=O)cc1. The molecule has 0 aromatic heterocycles. The van der Waals surface area contributed by atoms with Crippen LogP contribution >= 0.6 is 0 Å². The Labute approximate surface area is 94.4 Å². The molecule has 1 aromatic rings. The van der Waals surface area contributed by atoms with Crippen LogP contribution in [0.3, 0.4) is 0 Å². The lowest BCUT2D eigenvalue weighted by atomic mass is 9.82. The summed E-state index contributed by atoms with van der Waals surface area (Å²) in [5.41, 5.74) is 0.985. The van der Waals surface area contributed by atoms with Gasteiger partial charge in [-0.15, -0.1) is 0 Å². The van der Waals surface area contributed by atoms with E-state index in [4.69, 9.17) is 4.74 Å². The molecule has 0 radical (unpaired) electrons. The number of carbonyl (C=O) groups excluding carboxylic acids is 2. The third kappa shape index (κ3) is 2.13. The summed E-state index contributed by atoms with van der Waals surface area (Å²) in [7, 11) is 1.61. The van der Waals surface area contributed by atoms with Crippen LogP contribution in [0.1, 0.15) is 30.7 Å². The first-order valence-corrected chi connectivity index (χ1v) is 5.39. The van der Waals surface area contributed by atoms with Crippen LogP contribution in [0.2, 0.25) is 0 Å². The molecule has 1 aliphatic carbocycles. The first kappa shape index (κ1) is 10.9. The molecule has 3 heteroatoms. The highest BCUT2D eigenvalue weighted by molar-refractivity contribution is 6.04. The molecule has 0 heterocycles. The van der Waals surface area contributed by atoms with Gasteiger partial charge in [0.2, 0.25) is 0 Å². The topological polar surface area (TPSA) is 43.4 Å². The maximum atomic E-state index is 11.7. The zero-order valence-corrected chi connectivity index (χ0v) is 9.23. The van der Waals surface area contributed by atoms with Crippen LogP contribution in [0.15, 0.2) is 24.3 Å². The quantitative estimate of drug-likeness (QED) is 0.714. The van der Waals surface area contributed by atoms with E-state index in [1.807, 2.05) is 24.3 Å². The monoisotopic (exact) mass is 218 g/mol. The Morgan fingerprint density at radius 1 is 1.19 bits per heavy atom. The second-order valence-electron chi connectivity index (χ2n) is 4.05. The Morgan fingerprint density at radius 2 is 1.88 bits per heavy atom. The number of Topliss-reactive ketones (excluding diaryl/α,β-unsaturated/α-hetero) is 2. The fourth-order valence-electron chi connectivity index (χ4n) is 2.06. The molecule has 16 heavy (non-hydrogen) atoms. The van der Waals surface area contributed by atoms with Gasteiger partial charge in [0, 0.05) is 12.3 Å². The van der Waals surface area contributed by atoms with Crippen molar-refractivity contribution in [1.29, 1.82) is 0 Å². The van der Waals surface area contributed by atoms with Gasteiger partial charge in [0.1, 0.15) is 17.3 Å². The minimum absolute atomic E-state index is 0.0430. The molecule has 3 nitrogen and oxygen atoms in total. The van der Waals surface area contributed by atoms with Gasteiger partial charge in [-0.05, 0) is 24.1 Å². The molecule has 1 aromatic carbocycles. The summed E-state index contributed by atoms with van der Waals surface area (Å²) in [6, 6.07) is 7.49. The number of rotatable bonds is 2. The number of carbonyl (C=O) groups is 2. The van der Waals surface area contributed by atoms with E-state index in [1.165, 1.54) is 0 Å². The molecule has 1 fully saturated rings. The van der Waals surface area contributed by atoms with Gasteiger partial charge in [-0.3, -0.25) is 9.59 Å². The highest BCUT2D eigenvalue weighted by Crippen LogP contribution is 2.29. The van der Waals surface area contributed by atoms with Crippen LogP contribution in [0.25, 0.3) is 0 Å². The molecule has 1 aliphatic rings. The van der Waals surface area contributed by atoms with Crippen molar-refractivity contribution in [2.75, 3.05) is 7.11 Å². The van der Waals surface area contributed by atoms with Crippen LogP contribution in [0, 0.1) is 0 Å². The van der Waals surface area contributed by atoms with E-state index < -0.39 is 0 Å². The van der Waals surface area contributed by atoms with E-state index in [-0.39, 0.29) is 23.9 Å². The van der Waals surface area contributed by atoms with Gasteiger partial charge in [-0.2, -0.15) is 0 Å². The van der Waals surface area contributed by atoms with E-state index >= 15 is 0 Å². The predicted molar refractivity (Wildman–Crippen MR) is 59.6 cm³/mol. The Morgan fingerprint density at radius 3 is 2.44 bits per heavy atom. The van der Waals surface area contributed by atoms with E-state index in [0.717, 1.165) is 11.3 Å². The molecule has 0 spiro atoms. The molecular formula is C13H14O3. The van der Waals surface area contributed by atoms with E-state index in [1.54, 1.807) is 7.11 Å². The summed E-state index contributed by atoms with van der Waals surface area (Å²) in [6.07, 6.45) is 1.25. The Bertz CT molecular complexity index is 406. The Balaban J connectivity index is 2.17. The Hall–Kier alpha value is -1.64. The number of ether oxygens (including phenoxy) is 1. The average molecular weight is 218 g/mol. The number of benzene rings is 1. The average Bonchev–Trinajstić information content (AvgIpc) is 2.29. The van der Waals surface area contributed by atoms with Gasteiger partial charge >= 0.3 is 0 Å². The van der Waals surface area contributed by atoms with Crippen LogP contribution in [-0.2, 0) is 9.59 Å². The lowest BCUT2D eigenvalue weighted by Gasteiger charge is -2.20. The van der Waals surface area contributed by atoms with Crippen LogP contribution in [0.4, 0.5) is 0 Å². The largest absolute Gasteiger partial charge is 0.497 e. The van der Waals surface area contributed by atoms with E-state index in [0.29, 0.717) is 12.8 Å². The minimum atomic E-state index is -0.108. The number of hydrogen-bond acceptors (Lipinski definition) is 3. The van der Waals surface area contributed by atoms with E-state index in [2.05, 4.69) is 0 Å². The summed E-state index contributed by atoms with van der Waals surface area (Å²) < 4.78 is 5.06. The zero-order valence-electron chi connectivity index (χ0n) is 9.23. The van der Waals surface area contributed by atoms with Crippen molar-refractivity contribution in [3.05, 3.63) is 29.8 Å². The van der Waals surface area contributed by atoms with Crippen LogP contribution in [0.5, 0.6) is 5.75 Å². The summed E-state index contributed by atoms with van der Waals surface area (Å²) in [6.45, 7) is 0. The minimum Gasteiger partial charge on any atom is -0.497 e. The van der Waals surface area contributed by atoms with Gasteiger partial charge in [0.15, 0.2) is 0 Å². The second-order valence-corrected chi connectivity index (χ2v) is 4.05. The molecule has 1 saturated carbocycles. The summed E-state index contributed by atoms with van der Waals surface area (Å²) in [4.78, 5) is 22.8. The maximum absolute atomic E-state index is 11.7.